The molecule has 0 aliphatic heterocycles. The number of aromatic hydroxyl groups is 1. The maximum absolute atomic E-state index is 12.2. The highest BCUT2D eigenvalue weighted by Gasteiger charge is 2.08. The van der Waals surface area contributed by atoms with E-state index in [0.717, 1.165) is 12.2 Å². The Morgan fingerprint density at radius 3 is 2.58 bits per heavy atom. The molecule has 0 spiro atoms. The van der Waals surface area contributed by atoms with E-state index in [1.807, 2.05) is 6.92 Å². The van der Waals surface area contributed by atoms with Crippen molar-refractivity contribution in [3.63, 3.8) is 0 Å². The summed E-state index contributed by atoms with van der Waals surface area (Å²) in [5.41, 5.74) is 1.22. The number of benzene rings is 2. The highest BCUT2D eigenvalue weighted by Crippen LogP contribution is 2.35. The quantitative estimate of drug-likeness (QED) is 0.581. The predicted molar refractivity (Wildman–Crippen MR) is 95.3 cm³/mol. The molecular weight excluding hydrogens is 328 g/mol. The van der Waals surface area contributed by atoms with E-state index >= 15 is 0 Å². The topological polar surface area (TPSA) is 55.8 Å². The Bertz CT molecular complexity index is 736. The van der Waals surface area contributed by atoms with E-state index in [9.17, 15) is 9.90 Å². The number of methoxy groups -OCH3 is 1. The maximum atomic E-state index is 12.2. The van der Waals surface area contributed by atoms with Gasteiger partial charge in [-0.15, -0.1) is 0 Å². The highest BCUT2D eigenvalue weighted by molar-refractivity contribution is 6.32. The average Bonchev–Trinajstić information content (AvgIpc) is 2.60. The summed E-state index contributed by atoms with van der Waals surface area (Å²) in [6.45, 7) is 2.68. The Morgan fingerprint density at radius 2 is 1.96 bits per heavy atom. The molecule has 1 N–H and O–H groups in total. The molecule has 4 nitrogen and oxygen atoms in total. The minimum atomic E-state index is -0.139. The first kappa shape index (κ1) is 17.9. The van der Waals surface area contributed by atoms with Gasteiger partial charge in [0.25, 0.3) is 0 Å². The van der Waals surface area contributed by atoms with Gasteiger partial charge in [0.2, 0.25) is 0 Å². The third-order valence-corrected chi connectivity index (χ3v) is 3.60. The molecule has 2 aromatic carbocycles. The maximum Gasteiger partial charge on any atom is 0.185 e. The molecule has 0 heterocycles. The fourth-order valence-corrected chi connectivity index (χ4v) is 2.27. The lowest BCUT2D eigenvalue weighted by Crippen LogP contribution is -1.97. The molecule has 0 aliphatic rings. The molecule has 0 saturated heterocycles. The number of hydrogen-bond donors (Lipinski definition) is 1. The van der Waals surface area contributed by atoms with Crippen LogP contribution in [0.3, 0.4) is 0 Å². The number of allylic oxidation sites excluding steroid dienone is 1. The second kappa shape index (κ2) is 8.41. The predicted octanol–water partition coefficient (Wildman–Crippen LogP) is 4.74. The number of ether oxygens (including phenoxy) is 2. The molecular formula is C19H19ClO4. The molecule has 2 rings (SSSR count). The summed E-state index contributed by atoms with van der Waals surface area (Å²) in [5, 5.41) is 9.87. The van der Waals surface area contributed by atoms with Crippen molar-refractivity contribution in [2.45, 2.75) is 13.3 Å². The Hall–Kier alpha value is -2.46. The fraction of sp³-hybridized carbons (Fsp3) is 0.211. The third-order valence-electron chi connectivity index (χ3n) is 3.31. The normalized spacial score (nSPS) is 10.8. The first-order valence-electron chi connectivity index (χ1n) is 7.57. The van der Waals surface area contributed by atoms with Crippen LogP contribution in [-0.4, -0.2) is 24.6 Å². The number of carbonyl (C=O) groups is 1. The number of phenols is 1. The summed E-state index contributed by atoms with van der Waals surface area (Å²) in [7, 11) is 1.44. The van der Waals surface area contributed by atoms with Gasteiger partial charge in [-0.3, -0.25) is 4.79 Å². The van der Waals surface area contributed by atoms with Crippen LogP contribution in [0.4, 0.5) is 0 Å². The molecule has 5 heteroatoms. The van der Waals surface area contributed by atoms with Gasteiger partial charge in [0.1, 0.15) is 5.75 Å². The van der Waals surface area contributed by atoms with Gasteiger partial charge in [-0.1, -0.05) is 24.6 Å². The zero-order chi connectivity index (χ0) is 17.5. The number of carbonyl (C=O) groups excluding carboxylic acids is 1. The monoisotopic (exact) mass is 346 g/mol. The van der Waals surface area contributed by atoms with Crippen LogP contribution in [0.2, 0.25) is 5.02 Å². The zero-order valence-electron chi connectivity index (χ0n) is 13.6. The van der Waals surface area contributed by atoms with E-state index in [0.29, 0.717) is 17.7 Å². The molecule has 126 valence electrons. The van der Waals surface area contributed by atoms with Crippen LogP contribution in [-0.2, 0) is 0 Å². The van der Waals surface area contributed by atoms with Crippen LogP contribution in [0.5, 0.6) is 17.2 Å². The van der Waals surface area contributed by atoms with Crippen molar-refractivity contribution < 1.29 is 19.4 Å². The van der Waals surface area contributed by atoms with E-state index in [2.05, 4.69) is 0 Å². The van der Waals surface area contributed by atoms with Gasteiger partial charge in [-0.05, 0) is 54.5 Å². The molecule has 0 aromatic heterocycles. The number of hydrogen-bond acceptors (Lipinski definition) is 4. The highest BCUT2D eigenvalue weighted by atomic mass is 35.5. The third kappa shape index (κ3) is 4.52. The average molecular weight is 347 g/mol. The number of rotatable bonds is 7. The number of halogens is 1. The van der Waals surface area contributed by atoms with Gasteiger partial charge in [-0.25, -0.2) is 0 Å². The van der Waals surface area contributed by atoms with E-state index in [1.165, 1.54) is 13.2 Å². The lowest BCUT2D eigenvalue weighted by molar-refractivity contribution is 0.104. The van der Waals surface area contributed by atoms with Crippen molar-refractivity contribution in [2.75, 3.05) is 13.7 Å². The molecule has 0 aliphatic carbocycles. The van der Waals surface area contributed by atoms with Crippen molar-refractivity contribution in [2.24, 2.45) is 0 Å². The summed E-state index contributed by atoms with van der Waals surface area (Å²) >= 11 is 5.93. The molecule has 24 heavy (non-hydrogen) atoms. The molecule has 2 aromatic rings. The van der Waals surface area contributed by atoms with Gasteiger partial charge in [0.15, 0.2) is 17.3 Å². The summed E-state index contributed by atoms with van der Waals surface area (Å²) < 4.78 is 10.5. The molecule has 0 saturated carbocycles. The van der Waals surface area contributed by atoms with Gasteiger partial charge in [0.05, 0.1) is 18.7 Å². The second-order valence-electron chi connectivity index (χ2n) is 5.12. The van der Waals surface area contributed by atoms with Gasteiger partial charge < -0.3 is 14.6 Å². The van der Waals surface area contributed by atoms with Gasteiger partial charge in [0, 0.05) is 5.56 Å². The summed E-state index contributed by atoms with van der Waals surface area (Å²) in [6.07, 6.45) is 4.00. The zero-order valence-corrected chi connectivity index (χ0v) is 14.3. The van der Waals surface area contributed by atoms with Crippen LogP contribution >= 0.6 is 11.6 Å². The second-order valence-corrected chi connectivity index (χ2v) is 5.53. The Kier molecular flexibility index (Phi) is 6.27. The van der Waals surface area contributed by atoms with Crippen LogP contribution in [0, 0.1) is 0 Å². The lowest BCUT2D eigenvalue weighted by atomic mass is 10.1. The van der Waals surface area contributed by atoms with E-state index < -0.39 is 0 Å². The summed E-state index contributed by atoms with van der Waals surface area (Å²) in [6, 6.07) is 10.2. The first-order chi connectivity index (χ1) is 11.5. The van der Waals surface area contributed by atoms with Crippen molar-refractivity contribution in [3.8, 4) is 17.2 Å². The summed E-state index contributed by atoms with van der Waals surface area (Å²) in [4.78, 5) is 12.2. The largest absolute Gasteiger partial charge is 0.503 e. The first-order valence-corrected chi connectivity index (χ1v) is 7.94. The Balaban J connectivity index is 2.11. The number of phenolic OH excluding ortho intramolecular Hbond substituents is 1. The lowest BCUT2D eigenvalue weighted by Gasteiger charge is -2.06. The Morgan fingerprint density at radius 1 is 1.25 bits per heavy atom. The van der Waals surface area contributed by atoms with Crippen molar-refractivity contribution in [3.05, 3.63) is 58.6 Å². The minimum Gasteiger partial charge on any atom is -0.503 e. The van der Waals surface area contributed by atoms with Crippen molar-refractivity contribution in [1.29, 1.82) is 0 Å². The van der Waals surface area contributed by atoms with Crippen molar-refractivity contribution >= 4 is 23.5 Å². The number of ketones is 1. The molecule has 0 atom stereocenters. The van der Waals surface area contributed by atoms with Gasteiger partial charge in [-0.2, -0.15) is 0 Å². The van der Waals surface area contributed by atoms with Crippen LogP contribution in [0.15, 0.2) is 42.5 Å². The van der Waals surface area contributed by atoms with Crippen LogP contribution in [0.25, 0.3) is 6.08 Å². The van der Waals surface area contributed by atoms with Crippen LogP contribution in [0.1, 0.15) is 29.3 Å². The Labute approximate surface area is 146 Å². The molecule has 0 fully saturated rings. The smallest absolute Gasteiger partial charge is 0.185 e. The van der Waals surface area contributed by atoms with E-state index in [1.54, 1.807) is 42.5 Å². The molecule has 0 amide bonds. The SMILES string of the molecule is CCCOc1ccc(C(=O)/C=C/c2cc(Cl)c(O)c(OC)c2)cc1. The molecule has 0 unspecified atom stereocenters. The molecule has 0 bridgehead atoms. The fourth-order valence-electron chi connectivity index (χ4n) is 2.05. The minimum absolute atomic E-state index is 0.120. The standard InChI is InChI=1S/C19H19ClO4/c1-3-10-24-15-7-5-14(6-8-15)17(21)9-4-13-11-16(20)19(22)18(12-13)23-2/h4-9,11-12,22H,3,10H2,1-2H3/b9-4+. The van der Waals surface area contributed by atoms with E-state index in [-0.39, 0.29) is 22.3 Å². The van der Waals surface area contributed by atoms with E-state index in [4.69, 9.17) is 21.1 Å². The molecule has 0 radical (unpaired) electrons. The van der Waals surface area contributed by atoms with Gasteiger partial charge >= 0.3 is 0 Å². The van der Waals surface area contributed by atoms with Crippen molar-refractivity contribution in [1.82, 2.24) is 0 Å². The van der Waals surface area contributed by atoms with Crippen LogP contribution < -0.4 is 9.47 Å². The summed E-state index contributed by atoms with van der Waals surface area (Å²) in [5.74, 6) is 0.741.